The minimum absolute atomic E-state index is 0.0345. The lowest BCUT2D eigenvalue weighted by Crippen LogP contribution is -2.52. The third kappa shape index (κ3) is 5.63. The Bertz CT molecular complexity index is 1470. The molecule has 40 heavy (non-hydrogen) atoms. The Balaban J connectivity index is 1.11. The monoisotopic (exact) mass is 531 g/mol. The van der Waals surface area contributed by atoms with Crippen molar-refractivity contribution in [2.24, 2.45) is 0 Å². The Kier molecular flexibility index (Phi) is 7.60. The summed E-state index contributed by atoms with van der Waals surface area (Å²) in [6, 6.07) is 35.8. The Morgan fingerprint density at radius 3 is 2.25 bits per heavy atom. The van der Waals surface area contributed by atoms with Crippen molar-refractivity contribution in [1.29, 1.82) is 0 Å². The van der Waals surface area contributed by atoms with Crippen molar-refractivity contribution in [2.45, 2.75) is 38.1 Å². The van der Waals surface area contributed by atoms with E-state index in [2.05, 4.69) is 39.4 Å². The normalized spacial score (nSPS) is 17.6. The first-order chi connectivity index (χ1) is 19.7. The number of likely N-dealkylation sites (tertiary alicyclic amines) is 1. The standard InChI is InChI=1S/C34H33N3O3/c38-33(40-24-25-10-3-1-4-11-25)28-15-9-12-26(22-28)23-36-20-18-29(19-21-36)37-32(27-13-5-2-6-14-27)30-16-7-8-17-31(30)35-34(37)39/h1-17,22,29,32H,18-21,23-24H2,(H,35,39). The van der Waals surface area contributed by atoms with Gasteiger partial charge in [-0.1, -0.05) is 91.0 Å². The van der Waals surface area contributed by atoms with Gasteiger partial charge in [0.05, 0.1) is 11.6 Å². The number of carbonyl (C=O) groups is 2. The average molecular weight is 532 g/mol. The summed E-state index contributed by atoms with van der Waals surface area (Å²) < 4.78 is 5.53. The van der Waals surface area contributed by atoms with Gasteiger partial charge >= 0.3 is 12.0 Å². The van der Waals surface area contributed by atoms with Gasteiger partial charge in [0.25, 0.3) is 0 Å². The summed E-state index contributed by atoms with van der Waals surface area (Å²) in [7, 11) is 0. The third-order valence-electron chi connectivity index (χ3n) is 7.86. The number of nitrogens with one attached hydrogen (secondary N) is 1. The molecule has 6 rings (SSSR count). The van der Waals surface area contributed by atoms with Gasteiger partial charge in [-0.3, -0.25) is 4.90 Å². The van der Waals surface area contributed by atoms with Crippen molar-refractivity contribution in [1.82, 2.24) is 9.80 Å². The van der Waals surface area contributed by atoms with Crippen molar-refractivity contribution in [2.75, 3.05) is 18.4 Å². The van der Waals surface area contributed by atoms with Crippen molar-refractivity contribution in [3.05, 3.63) is 137 Å². The fourth-order valence-corrected chi connectivity index (χ4v) is 5.87. The summed E-state index contributed by atoms with van der Waals surface area (Å²) >= 11 is 0. The average Bonchev–Trinajstić information content (AvgIpc) is 3.01. The van der Waals surface area contributed by atoms with Crippen LogP contribution in [0, 0.1) is 0 Å². The number of fused-ring (bicyclic) bond motifs is 1. The van der Waals surface area contributed by atoms with Crippen LogP contribution < -0.4 is 5.32 Å². The number of ether oxygens (including phenoxy) is 1. The number of hydrogen-bond acceptors (Lipinski definition) is 4. The van der Waals surface area contributed by atoms with Crippen molar-refractivity contribution in [3.63, 3.8) is 0 Å². The molecular weight excluding hydrogens is 498 g/mol. The summed E-state index contributed by atoms with van der Waals surface area (Å²) in [5, 5.41) is 3.13. The molecule has 2 amide bonds. The van der Waals surface area contributed by atoms with E-state index in [1.807, 2.05) is 78.9 Å². The van der Waals surface area contributed by atoms with Crippen molar-refractivity contribution in [3.8, 4) is 0 Å². The van der Waals surface area contributed by atoms with Crippen LogP contribution in [0.15, 0.2) is 109 Å². The molecule has 0 saturated carbocycles. The molecule has 1 atom stereocenters. The number of para-hydroxylation sites is 1. The molecule has 0 radical (unpaired) electrons. The Hall–Kier alpha value is -4.42. The lowest BCUT2D eigenvalue weighted by Gasteiger charge is -2.45. The van der Waals surface area contributed by atoms with Gasteiger partial charge in [-0.25, -0.2) is 9.59 Å². The highest BCUT2D eigenvalue weighted by Gasteiger charge is 2.39. The number of nitrogens with zero attached hydrogens (tertiary/aromatic N) is 2. The number of esters is 1. The summed E-state index contributed by atoms with van der Waals surface area (Å²) in [5.74, 6) is -0.312. The zero-order valence-electron chi connectivity index (χ0n) is 22.4. The molecule has 2 aliphatic rings. The van der Waals surface area contributed by atoms with Gasteiger partial charge in [-0.15, -0.1) is 0 Å². The van der Waals surface area contributed by atoms with Crippen LogP contribution in [0.3, 0.4) is 0 Å². The van der Waals surface area contributed by atoms with Crippen LogP contribution in [0.5, 0.6) is 0 Å². The largest absolute Gasteiger partial charge is 0.457 e. The molecule has 1 unspecified atom stereocenters. The first-order valence-corrected chi connectivity index (χ1v) is 13.9. The minimum atomic E-state index is -0.312. The summed E-state index contributed by atoms with van der Waals surface area (Å²) in [6.45, 7) is 2.76. The van der Waals surface area contributed by atoms with E-state index in [0.717, 1.165) is 60.4 Å². The van der Waals surface area contributed by atoms with Crippen LogP contribution in [0.2, 0.25) is 0 Å². The molecule has 0 aromatic heterocycles. The molecule has 202 valence electrons. The van der Waals surface area contributed by atoms with Crippen LogP contribution in [0.1, 0.15) is 51.5 Å². The highest BCUT2D eigenvalue weighted by Crippen LogP contribution is 2.40. The second-order valence-corrected chi connectivity index (χ2v) is 10.5. The van der Waals surface area contributed by atoms with Crippen molar-refractivity contribution >= 4 is 17.7 Å². The van der Waals surface area contributed by atoms with Gasteiger partial charge in [0.1, 0.15) is 6.61 Å². The molecule has 1 N–H and O–H groups in total. The van der Waals surface area contributed by atoms with E-state index in [1.165, 1.54) is 0 Å². The van der Waals surface area contributed by atoms with Gasteiger partial charge < -0.3 is 15.0 Å². The molecule has 4 aromatic rings. The summed E-state index contributed by atoms with van der Waals surface area (Å²) in [6.07, 6.45) is 1.77. The molecular formula is C34H33N3O3. The molecule has 2 heterocycles. The van der Waals surface area contributed by atoms with Crippen LogP contribution >= 0.6 is 0 Å². The third-order valence-corrected chi connectivity index (χ3v) is 7.86. The molecule has 2 aliphatic heterocycles. The molecule has 0 bridgehead atoms. The summed E-state index contributed by atoms with van der Waals surface area (Å²) in [5.41, 5.74) is 5.76. The topological polar surface area (TPSA) is 61.9 Å². The Labute approximate surface area is 235 Å². The molecule has 0 spiro atoms. The predicted octanol–water partition coefficient (Wildman–Crippen LogP) is 6.65. The number of anilines is 1. The predicted molar refractivity (Wildman–Crippen MR) is 156 cm³/mol. The van der Waals surface area contributed by atoms with E-state index < -0.39 is 0 Å². The highest BCUT2D eigenvalue weighted by atomic mass is 16.5. The quantitative estimate of drug-likeness (QED) is 0.272. The maximum atomic E-state index is 13.4. The molecule has 6 nitrogen and oxygen atoms in total. The van der Waals surface area contributed by atoms with Gasteiger partial charge in [0.2, 0.25) is 0 Å². The Morgan fingerprint density at radius 1 is 0.800 bits per heavy atom. The van der Waals surface area contributed by atoms with Crippen LogP contribution in [-0.4, -0.2) is 40.9 Å². The number of rotatable bonds is 7. The number of piperidine rings is 1. The van der Waals surface area contributed by atoms with Crippen LogP contribution in [-0.2, 0) is 17.9 Å². The van der Waals surface area contributed by atoms with Crippen LogP contribution in [0.25, 0.3) is 0 Å². The fraction of sp³-hybridized carbons (Fsp3) is 0.235. The minimum Gasteiger partial charge on any atom is -0.457 e. The first kappa shape index (κ1) is 25.8. The smallest absolute Gasteiger partial charge is 0.338 e. The number of carbonyl (C=O) groups excluding carboxylic acids is 2. The second kappa shape index (κ2) is 11.8. The molecule has 4 aromatic carbocycles. The first-order valence-electron chi connectivity index (χ1n) is 13.9. The van der Waals surface area contributed by atoms with E-state index in [9.17, 15) is 9.59 Å². The fourth-order valence-electron chi connectivity index (χ4n) is 5.87. The van der Waals surface area contributed by atoms with E-state index in [-0.39, 0.29) is 30.7 Å². The highest BCUT2D eigenvalue weighted by molar-refractivity contribution is 5.94. The zero-order valence-corrected chi connectivity index (χ0v) is 22.4. The number of amides is 2. The maximum Gasteiger partial charge on any atom is 0.338 e. The SMILES string of the molecule is O=C(OCc1ccccc1)c1cccc(CN2CCC(N3C(=O)Nc4ccccc4C3c3ccccc3)CC2)c1. The molecule has 1 saturated heterocycles. The second-order valence-electron chi connectivity index (χ2n) is 10.5. The van der Waals surface area contributed by atoms with Crippen molar-refractivity contribution < 1.29 is 14.3 Å². The van der Waals surface area contributed by atoms with Gasteiger partial charge in [-0.2, -0.15) is 0 Å². The lowest BCUT2D eigenvalue weighted by atomic mass is 9.90. The Morgan fingerprint density at radius 2 is 1.48 bits per heavy atom. The molecule has 0 aliphatic carbocycles. The number of hydrogen-bond donors (Lipinski definition) is 1. The van der Waals surface area contributed by atoms with E-state index in [0.29, 0.717) is 5.56 Å². The van der Waals surface area contributed by atoms with Crippen LogP contribution in [0.4, 0.5) is 10.5 Å². The van der Waals surface area contributed by atoms with Gasteiger partial charge in [0, 0.05) is 36.9 Å². The number of urea groups is 1. The molecule has 6 heteroatoms. The zero-order chi connectivity index (χ0) is 27.3. The summed E-state index contributed by atoms with van der Waals surface area (Å²) in [4.78, 5) is 30.5. The maximum absolute atomic E-state index is 13.4. The van der Waals surface area contributed by atoms with E-state index in [4.69, 9.17) is 4.74 Å². The van der Waals surface area contributed by atoms with Gasteiger partial charge in [-0.05, 0) is 47.7 Å². The van der Waals surface area contributed by atoms with E-state index in [1.54, 1.807) is 6.07 Å². The lowest BCUT2D eigenvalue weighted by molar-refractivity contribution is 0.0472. The molecule has 1 fully saturated rings. The van der Waals surface area contributed by atoms with Gasteiger partial charge in [0.15, 0.2) is 0 Å². The van der Waals surface area contributed by atoms with E-state index >= 15 is 0 Å². The number of benzene rings is 4.